The monoisotopic (exact) mass is 499 g/mol. The van der Waals surface area contributed by atoms with Crippen LogP contribution in [0.5, 0.6) is 0 Å². The van der Waals surface area contributed by atoms with E-state index in [0.717, 1.165) is 12.0 Å². The number of benzene rings is 1. The molecule has 0 aromatic heterocycles. The molecule has 0 aliphatic carbocycles. The first kappa shape index (κ1) is 28.8. The third-order valence-corrected chi connectivity index (χ3v) is 5.56. The van der Waals surface area contributed by atoms with E-state index >= 15 is 0 Å². The number of nitrogens with one attached hydrogen (secondary N) is 3. The molecule has 3 amide bonds. The van der Waals surface area contributed by atoms with Gasteiger partial charge in [0, 0.05) is 17.9 Å². The van der Waals surface area contributed by atoms with Gasteiger partial charge in [0.15, 0.2) is 0 Å². The van der Waals surface area contributed by atoms with Crippen molar-refractivity contribution in [2.75, 3.05) is 18.1 Å². The highest BCUT2D eigenvalue weighted by atomic mass is 32.1. The topological polar surface area (TPSA) is 177 Å². The summed E-state index contributed by atoms with van der Waals surface area (Å²) in [5, 5.41) is 16.6. The van der Waals surface area contributed by atoms with Gasteiger partial charge in [-0.05, 0) is 24.9 Å². The molecule has 1 rings (SSSR count). The first-order valence-corrected chi connectivity index (χ1v) is 11.8. The molecule has 12 heteroatoms. The minimum atomic E-state index is -1.25. The number of carboxylic acid groups (broad SMARTS) is 1. The molecule has 0 bridgehead atoms. The van der Waals surface area contributed by atoms with Crippen LogP contribution in [-0.4, -0.2) is 71.0 Å². The van der Waals surface area contributed by atoms with Crippen molar-refractivity contribution in [3.63, 3.8) is 0 Å². The van der Waals surface area contributed by atoms with Crippen molar-refractivity contribution < 1.29 is 24.3 Å². The van der Waals surface area contributed by atoms with Gasteiger partial charge < -0.3 is 32.5 Å². The highest BCUT2D eigenvalue weighted by Crippen LogP contribution is 2.06. The van der Waals surface area contributed by atoms with Crippen LogP contribution in [-0.2, 0) is 25.6 Å². The van der Waals surface area contributed by atoms with Crippen LogP contribution in [0.15, 0.2) is 30.3 Å². The summed E-state index contributed by atoms with van der Waals surface area (Å²) in [6, 6.07) is 4.90. The number of amides is 3. The van der Waals surface area contributed by atoms with Gasteiger partial charge in [0.1, 0.15) is 18.1 Å². The molecule has 1 aromatic rings. The van der Waals surface area contributed by atoms with Crippen molar-refractivity contribution in [3.05, 3.63) is 35.9 Å². The van der Waals surface area contributed by atoms with Gasteiger partial charge in [-0.15, -0.1) is 0 Å². The Kier molecular flexibility index (Phi) is 13.5. The quantitative estimate of drug-likeness (QED) is 0.114. The maximum absolute atomic E-state index is 13.0. The Morgan fingerprint density at radius 2 is 1.39 bits per heavy atom. The largest absolute Gasteiger partial charge is 0.480 e. The lowest BCUT2D eigenvalue weighted by molar-refractivity contribution is -0.141. The number of carbonyl (C=O) groups is 4. The lowest BCUT2D eigenvalue weighted by Gasteiger charge is -2.24. The molecular weight excluding hydrogens is 466 g/mol. The predicted molar refractivity (Wildman–Crippen MR) is 132 cm³/mol. The molecule has 0 aliphatic rings. The molecule has 184 valence electrons. The fourth-order valence-electron chi connectivity index (χ4n) is 2.90. The average molecular weight is 500 g/mol. The van der Waals surface area contributed by atoms with E-state index in [1.54, 1.807) is 24.3 Å². The second kappa shape index (κ2) is 15.5. The summed E-state index contributed by atoms with van der Waals surface area (Å²) in [7, 11) is 0. The number of rotatable bonds is 15. The maximum atomic E-state index is 13.0. The number of thiol groups is 2. The van der Waals surface area contributed by atoms with E-state index in [4.69, 9.17) is 16.6 Å². The number of unbranched alkanes of at least 4 members (excludes halogenated alkanes) is 1. The highest BCUT2D eigenvalue weighted by Gasteiger charge is 2.29. The van der Waals surface area contributed by atoms with Crippen molar-refractivity contribution in [2.45, 2.75) is 49.9 Å². The van der Waals surface area contributed by atoms with E-state index in [0.29, 0.717) is 19.4 Å². The Labute approximate surface area is 204 Å². The molecule has 1 aromatic carbocycles. The van der Waals surface area contributed by atoms with Crippen LogP contribution in [0.1, 0.15) is 24.8 Å². The summed E-state index contributed by atoms with van der Waals surface area (Å²) < 4.78 is 0. The summed E-state index contributed by atoms with van der Waals surface area (Å²) >= 11 is 8.00. The fraction of sp³-hybridized carbons (Fsp3) is 0.524. The molecule has 33 heavy (non-hydrogen) atoms. The highest BCUT2D eigenvalue weighted by molar-refractivity contribution is 7.80. The summed E-state index contributed by atoms with van der Waals surface area (Å²) in [4.78, 5) is 49.2. The number of carboxylic acids is 1. The van der Waals surface area contributed by atoms with E-state index in [1.807, 2.05) is 6.07 Å². The molecule has 10 nitrogen and oxygen atoms in total. The molecule has 0 aliphatic heterocycles. The molecule has 0 radical (unpaired) electrons. The second-order valence-corrected chi connectivity index (χ2v) is 8.20. The fourth-order valence-corrected chi connectivity index (χ4v) is 3.41. The lowest BCUT2D eigenvalue weighted by Crippen LogP contribution is -2.58. The molecule has 0 saturated carbocycles. The normalized spacial score (nSPS) is 14.4. The van der Waals surface area contributed by atoms with Crippen LogP contribution in [0.3, 0.4) is 0 Å². The molecule has 0 saturated heterocycles. The van der Waals surface area contributed by atoms with E-state index in [1.165, 1.54) is 0 Å². The third kappa shape index (κ3) is 10.5. The molecular formula is C21H33N5O5S2. The Morgan fingerprint density at radius 1 is 0.848 bits per heavy atom. The molecule has 8 N–H and O–H groups in total. The molecule has 4 atom stereocenters. The van der Waals surface area contributed by atoms with Crippen molar-refractivity contribution in [1.82, 2.24) is 16.0 Å². The number of hydrogen-bond donors (Lipinski definition) is 8. The summed E-state index contributed by atoms with van der Waals surface area (Å²) in [6.45, 7) is 0.497. The minimum absolute atomic E-state index is 0.0823. The first-order chi connectivity index (χ1) is 15.7. The van der Waals surface area contributed by atoms with Gasteiger partial charge in [-0.1, -0.05) is 36.8 Å². The molecule has 4 unspecified atom stereocenters. The maximum Gasteiger partial charge on any atom is 0.327 e. The molecule has 0 spiro atoms. The number of aliphatic carboxylic acids is 1. The summed E-state index contributed by atoms with van der Waals surface area (Å²) in [5.41, 5.74) is 12.2. The zero-order chi connectivity index (χ0) is 24.8. The van der Waals surface area contributed by atoms with E-state index in [-0.39, 0.29) is 17.9 Å². The van der Waals surface area contributed by atoms with Crippen molar-refractivity contribution in [1.29, 1.82) is 0 Å². The van der Waals surface area contributed by atoms with Gasteiger partial charge >= 0.3 is 5.97 Å². The lowest BCUT2D eigenvalue weighted by atomic mass is 10.0. The minimum Gasteiger partial charge on any atom is -0.480 e. The van der Waals surface area contributed by atoms with E-state index < -0.39 is 47.9 Å². The summed E-state index contributed by atoms with van der Waals surface area (Å²) in [5.74, 6) is -3.28. The van der Waals surface area contributed by atoms with Crippen molar-refractivity contribution in [2.24, 2.45) is 11.5 Å². The van der Waals surface area contributed by atoms with E-state index in [9.17, 15) is 19.2 Å². The van der Waals surface area contributed by atoms with Crippen LogP contribution >= 0.6 is 25.3 Å². The smallest absolute Gasteiger partial charge is 0.327 e. The zero-order valence-electron chi connectivity index (χ0n) is 18.3. The Morgan fingerprint density at radius 3 is 1.94 bits per heavy atom. The van der Waals surface area contributed by atoms with Gasteiger partial charge in [0.2, 0.25) is 17.7 Å². The van der Waals surface area contributed by atoms with Crippen LogP contribution in [0.4, 0.5) is 0 Å². The second-order valence-electron chi connectivity index (χ2n) is 7.47. The number of carbonyl (C=O) groups excluding carboxylic acids is 3. The number of hydrogen-bond acceptors (Lipinski definition) is 8. The molecule has 0 fully saturated rings. The van der Waals surface area contributed by atoms with Gasteiger partial charge in [0.05, 0.1) is 6.04 Å². The Hall–Kier alpha value is -2.28. The summed E-state index contributed by atoms with van der Waals surface area (Å²) in [6.07, 6.45) is 2.00. The number of nitrogens with two attached hydrogens (primary N) is 2. The first-order valence-electron chi connectivity index (χ1n) is 10.6. The molecule has 0 heterocycles. The third-order valence-electron chi connectivity index (χ3n) is 4.83. The SMILES string of the molecule is NCCCCC(N)C(=O)NC(Cc1ccccc1)C(=O)NC(CS)C(=O)NC(CS)C(=O)O. The van der Waals surface area contributed by atoms with Gasteiger partial charge in [-0.2, -0.15) is 25.3 Å². The van der Waals surface area contributed by atoms with Crippen LogP contribution < -0.4 is 27.4 Å². The standard InChI is InChI=1S/C21H33N5O5S2/c22-9-5-4-8-14(23)18(27)24-15(10-13-6-2-1-3-7-13)19(28)25-16(11-32)20(29)26-17(12-33)21(30)31/h1-3,6-7,14-17,32-33H,4-5,8-12,22-23H2,(H,24,27)(H,25,28)(H,26,29)(H,30,31). The van der Waals surface area contributed by atoms with E-state index in [2.05, 4.69) is 41.2 Å². The zero-order valence-corrected chi connectivity index (χ0v) is 20.1. The van der Waals surface area contributed by atoms with Crippen LogP contribution in [0, 0.1) is 0 Å². The van der Waals surface area contributed by atoms with Crippen molar-refractivity contribution >= 4 is 48.9 Å². The van der Waals surface area contributed by atoms with Crippen LogP contribution in [0.2, 0.25) is 0 Å². The van der Waals surface area contributed by atoms with Gasteiger partial charge in [0.25, 0.3) is 0 Å². The average Bonchev–Trinajstić information content (AvgIpc) is 2.80. The van der Waals surface area contributed by atoms with Crippen LogP contribution in [0.25, 0.3) is 0 Å². The predicted octanol–water partition coefficient (Wildman–Crippen LogP) is -0.916. The van der Waals surface area contributed by atoms with Gasteiger partial charge in [-0.25, -0.2) is 4.79 Å². The Bertz CT molecular complexity index is 784. The Balaban J connectivity index is 2.91. The van der Waals surface area contributed by atoms with Gasteiger partial charge in [-0.3, -0.25) is 14.4 Å². The van der Waals surface area contributed by atoms with Crippen molar-refractivity contribution in [3.8, 4) is 0 Å².